The average Bonchev–Trinajstić information content (AvgIpc) is 2.18. The van der Waals surface area contributed by atoms with Gasteiger partial charge >= 0.3 is 5.97 Å². The number of ether oxygens (including phenoxy) is 1. The van der Waals surface area contributed by atoms with Crippen LogP contribution in [0.5, 0.6) is 5.75 Å². The van der Waals surface area contributed by atoms with Gasteiger partial charge in [0.2, 0.25) is 0 Å². The molecule has 0 radical (unpaired) electrons. The molecule has 0 aliphatic carbocycles. The van der Waals surface area contributed by atoms with Crippen molar-refractivity contribution in [3.8, 4) is 5.75 Å². The molecular weight excluding hydrogens is 196 g/mol. The van der Waals surface area contributed by atoms with E-state index in [1.165, 1.54) is 0 Å². The van der Waals surface area contributed by atoms with Crippen LogP contribution in [0.25, 0.3) is 0 Å². The summed E-state index contributed by atoms with van der Waals surface area (Å²) in [5.41, 5.74) is 1.13. The molecule has 1 aromatic rings. The summed E-state index contributed by atoms with van der Waals surface area (Å²) in [5.74, 6) is -0.331. The number of carbonyl (C=O) groups excluding carboxylic acids is 1. The average molecular weight is 206 g/mol. The fourth-order valence-electron chi connectivity index (χ4n) is 1.59. The minimum absolute atomic E-state index is 0.0171. The Balaban J connectivity index is 2.35. The van der Waals surface area contributed by atoms with E-state index in [0.717, 1.165) is 0 Å². The number of hydrogen-bond donors (Lipinski definition) is 1. The molecule has 78 valence electrons. The minimum atomic E-state index is -0.904. The summed E-state index contributed by atoms with van der Waals surface area (Å²) in [4.78, 5) is 22.0. The molecule has 0 saturated carbocycles. The molecule has 0 unspecified atom stereocenters. The van der Waals surface area contributed by atoms with Crippen molar-refractivity contribution in [2.75, 3.05) is 6.61 Å². The highest BCUT2D eigenvalue weighted by Gasteiger charge is 2.18. The predicted molar refractivity (Wildman–Crippen MR) is 52.2 cm³/mol. The Morgan fingerprint density at radius 2 is 2.27 bits per heavy atom. The van der Waals surface area contributed by atoms with Crippen molar-refractivity contribution >= 4 is 11.8 Å². The molecule has 0 atom stereocenters. The van der Waals surface area contributed by atoms with Gasteiger partial charge in [-0.1, -0.05) is 6.07 Å². The van der Waals surface area contributed by atoms with Crippen LogP contribution in [0.4, 0.5) is 0 Å². The van der Waals surface area contributed by atoms with Gasteiger partial charge in [-0.15, -0.1) is 0 Å². The van der Waals surface area contributed by atoms with Crippen LogP contribution in [-0.2, 0) is 11.2 Å². The number of aliphatic carboxylic acids is 1. The molecule has 1 heterocycles. The van der Waals surface area contributed by atoms with Crippen molar-refractivity contribution in [3.05, 3.63) is 29.3 Å². The summed E-state index contributed by atoms with van der Waals surface area (Å²) < 4.78 is 5.29. The number of carboxylic acid groups (broad SMARTS) is 1. The predicted octanol–water partition coefficient (Wildman–Crippen LogP) is 1.28. The number of fused-ring (bicyclic) bond motifs is 1. The zero-order chi connectivity index (χ0) is 10.8. The fourth-order valence-corrected chi connectivity index (χ4v) is 1.59. The molecule has 2 rings (SSSR count). The van der Waals surface area contributed by atoms with Gasteiger partial charge in [-0.2, -0.15) is 0 Å². The molecule has 0 fully saturated rings. The van der Waals surface area contributed by atoms with Crippen LogP contribution in [0.1, 0.15) is 22.3 Å². The molecule has 1 aromatic carbocycles. The van der Waals surface area contributed by atoms with Crippen LogP contribution in [0, 0.1) is 0 Å². The van der Waals surface area contributed by atoms with E-state index in [1.54, 1.807) is 18.2 Å². The highest BCUT2D eigenvalue weighted by atomic mass is 16.5. The second-order valence-corrected chi connectivity index (χ2v) is 3.42. The van der Waals surface area contributed by atoms with Gasteiger partial charge in [0, 0.05) is 6.42 Å². The Kier molecular flexibility index (Phi) is 2.41. The van der Waals surface area contributed by atoms with Crippen molar-refractivity contribution in [2.45, 2.75) is 12.8 Å². The molecule has 4 nitrogen and oxygen atoms in total. The highest BCUT2D eigenvalue weighted by molar-refractivity contribution is 5.99. The molecule has 0 aromatic heterocycles. The lowest BCUT2D eigenvalue weighted by Gasteiger charge is -2.16. The van der Waals surface area contributed by atoms with Crippen LogP contribution < -0.4 is 4.74 Å². The number of rotatable bonds is 2. The first-order valence-corrected chi connectivity index (χ1v) is 4.67. The van der Waals surface area contributed by atoms with Gasteiger partial charge in [-0.25, -0.2) is 0 Å². The van der Waals surface area contributed by atoms with Crippen LogP contribution in [0.15, 0.2) is 18.2 Å². The first kappa shape index (κ1) is 9.71. The Hall–Kier alpha value is -1.84. The number of carboxylic acids is 1. The Bertz CT molecular complexity index is 423. The lowest BCUT2D eigenvalue weighted by molar-refractivity contribution is -0.136. The van der Waals surface area contributed by atoms with Crippen LogP contribution >= 0.6 is 0 Å². The molecule has 0 bridgehead atoms. The molecule has 1 aliphatic heterocycles. The minimum Gasteiger partial charge on any atom is -0.492 e. The number of hydrogen-bond acceptors (Lipinski definition) is 3. The number of carbonyl (C=O) groups is 2. The zero-order valence-electron chi connectivity index (χ0n) is 8.03. The summed E-state index contributed by atoms with van der Waals surface area (Å²) in [5, 5.41) is 8.62. The van der Waals surface area contributed by atoms with Gasteiger partial charge in [0.1, 0.15) is 5.75 Å². The van der Waals surface area contributed by atoms with Gasteiger partial charge in [0.15, 0.2) is 5.78 Å². The van der Waals surface area contributed by atoms with E-state index in [2.05, 4.69) is 0 Å². The molecule has 15 heavy (non-hydrogen) atoms. The molecule has 1 N–H and O–H groups in total. The highest BCUT2D eigenvalue weighted by Crippen LogP contribution is 2.25. The van der Waals surface area contributed by atoms with Crippen molar-refractivity contribution in [2.24, 2.45) is 0 Å². The maximum atomic E-state index is 11.5. The van der Waals surface area contributed by atoms with Crippen molar-refractivity contribution < 1.29 is 19.4 Å². The molecule has 0 spiro atoms. The number of Topliss-reactive ketones (excluding diaryl/α,β-unsaturated/α-hetero) is 1. The topological polar surface area (TPSA) is 63.6 Å². The third kappa shape index (κ3) is 1.98. The van der Waals surface area contributed by atoms with Crippen LogP contribution in [0.2, 0.25) is 0 Å². The van der Waals surface area contributed by atoms with E-state index in [9.17, 15) is 9.59 Å². The lowest BCUT2D eigenvalue weighted by Crippen LogP contribution is -2.15. The van der Waals surface area contributed by atoms with E-state index in [-0.39, 0.29) is 12.2 Å². The van der Waals surface area contributed by atoms with Crippen LogP contribution in [0.3, 0.4) is 0 Å². The summed E-state index contributed by atoms with van der Waals surface area (Å²) in [6.07, 6.45) is 0.296. The normalized spacial score (nSPS) is 14.3. The van der Waals surface area contributed by atoms with Gasteiger partial charge in [-0.05, 0) is 17.7 Å². The third-order valence-corrected chi connectivity index (χ3v) is 2.29. The maximum absolute atomic E-state index is 11.5. The van der Waals surface area contributed by atoms with Crippen molar-refractivity contribution in [1.29, 1.82) is 0 Å². The van der Waals surface area contributed by atoms with Crippen molar-refractivity contribution in [3.63, 3.8) is 0 Å². The third-order valence-electron chi connectivity index (χ3n) is 2.29. The SMILES string of the molecule is O=C(O)Cc1ccc2c(c1)C(=O)CCO2. The van der Waals surface area contributed by atoms with Gasteiger partial charge < -0.3 is 9.84 Å². The summed E-state index contributed by atoms with van der Waals surface area (Å²) in [6.45, 7) is 0.407. The van der Waals surface area contributed by atoms with Gasteiger partial charge in [-0.3, -0.25) is 9.59 Å². The second kappa shape index (κ2) is 3.73. The van der Waals surface area contributed by atoms with E-state index >= 15 is 0 Å². The molecule has 1 aliphatic rings. The molecular formula is C11H10O4. The summed E-state index contributed by atoms with van der Waals surface area (Å²) in [6, 6.07) is 4.93. The molecule has 0 saturated heterocycles. The lowest BCUT2D eigenvalue weighted by atomic mass is 10.0. The molecule has 0 amide bonds. The van der Waals surface area contributed by atoms with Crippen LogP contribution in [-0.4, -0.2) is 23.5 Å². The standard InChI is InChI=1S/C11H10O4/c12-9-3-4-15-10-2-1-7(5-8(9)10)6-11(13)14/h1-2,5H,3-4,6H2,(H,13,14). The first-order valence-electron chi connectivity index (χ1n) is 4.67. The van der Waals surface area contributed by atoms with Crippen molar-refractivity contribution in [1.82, 2.24) is 0 Å². The Labute approximate surface area is 86.5 Å². The van der Waals surface area contributed by atoms with E-state index in [0.29, 0.717) is 29.9 Å². The smallest absolute Gasteiger partial charge is 0.307 e. The quantitative estimate of drug-likeness (QED) is 0.791. The second-order valence-electron chi connectivity index (χ2n) is 3.42. The first-order chi connectivity index (χ1) is 7.16. The largest absolute Gasteiger partial charge is 0.492 e. The van der Waals surface area contributed by atoms with E-state index < -0.39 is 5.97 Å². The Morgan fingerprint density at radius 3 is 3.00 bits per heavy atom. The van der Waals surface area contributed by atoms with E-state index in [4.69, 9.17) is 9.84 Å². The monoisotopic (exact) mass is 206 g/mol. The van der Waals surface area contributed by atoms with E-state index in [1.807, 2.05) is 0 Å². The molecule has 4 heteroatoms. The fraction of sp³-hybridized carbons (Fsp3) is 0.273. The summed E-state index contributed by atoms with van der Waals surface area (Å²) in [7, 11) is 0. The van der Waals surface area contributed by atoms with Gasteiger partial charge in [0.05, 0.1) is 18.6 Å². The number of benzene rings is 1. The Morgan fingerprint density at radius 1 is 1.47 bits per heavy atom. The maximum Gasteiger partial charge on any atom is 0.307 e. The summed E-state index contributed by atoms with van der Waals surface area (Å²) >= 11 is 0. The van der Waals surface area contributed by atoms with Gasteiger partial charge in [0.25, 0.3) is 0 Å². The number of ketones is 1. The zero-order valence-corrected chi connectivity index (χ0v) is 8.03.